The highest BCUT2D eigenvalue weighted by atomic mass is 19.1. The zero-order chi connectivity index (χ0) is 13.7. The third-order valence-electron chi connectivity index (χ3n) is 3.01. The van der Waals surface area contributed by atoms with E-state index < -0.39 is 0 Å². The predicted octanol–water partition coefficient (Wildman–Crippen LogP) is 3.47. The van der Waals surface area contributed by atoms with Gasteiger partial charge in [0, 0.05) is 18.7 Å². The van der Waals surface area contributed by atoms with Crippen molar-refractivity contribution in [2.75, 3.05) is 14.2 Å². The maximum Gasteiger partial charge on any atom is 0.127 e. The van der Waals surface area contributed by atoms with E-state index in [9.17, 15) is 4.39 Å². The second-order valence-electron chi connectivity index (χ2n) is 4.61. The summed E-state index contributed by atoms with van der Waals surface area (Å²) in [6.07, 6.45) is 0. The molecule has 3 heteroatoms. The van der Waals surface area contributed by atoms with Gasteiger partial charge in [-0.3, -0.25) is 4.90 Å². The Hall–Kier alpha value is -1.87. The van der Waals surface area contributed by atoms with Crippen LogP contribution in [0.1, 0.15) is 11.1 Å². The Morgan fingerprint density at radius 1 is 1.00 bits per heavy atom. The first kappa shape index (κ1) is 13.6. The first-order valence-electron chi connectivity index (χ1n) is 6.24. The number of hydrogen-bond acceptors (Lipinski definition) is 2. The van der Waals surface area contributed by atoms with Crippen LogP contribution in [0.2, 0.25) is 0 Å². The normalized spacial score (nSPS) is 10.7. The number of halogens is 1. The molecule has 0 atom stereocenters. The second kappa shape index (κ2) is 6.34. The Balaban J connectivity index is 1.97. The Labute approximate surface area is 113 Å². The molecular weight excluding hydrogens is 241 g/mol. The van der Waals surface area contributed by atoms with Gasteiger partial charge in [-0.15, -0.1) is 0 Å². The molecule has 100 valence electrons. The first-order chi connectivity index (χ1) is 9.19. The standard InChI is InChI=1S/C16H18FNO/c1-18(12-14-5-3-4-6-16(14)17)11-13-7-9-15(19-2)10-8-13/h3-10H,11-12H2,1-2H3. The number of ether oxygens (including phenoxy) is 1. The van der Waals surface area contributed by atoms with E-state index in [-0.39, 0.29) is 5.82 Å². The Morgan fingerprint density at radius 2 is 1.68 bits per heavy atom. The van der Waals surface area contributed by atoms with Crippen molar-refractivity contribution < 1.29 is 9.13 Å². The molecular formula is C16H18FNO. The van der Waals surface area contributed by atoms with Gasteiger partial charge >= 0.3 is 0 Å². The van der Waals surface area contributed by atoms with Gasteiger partial charge in [0.05, 0.1) is 7.11 Å². The van der Waals surface area contributed by atoms with Gasteiger partial charge < -0.3 is 4.74 Å². The summed E-state index contributed by atoms with van der Waals surface area (Å²) < 4.78 is 18.7. The van der Waals surface area contributed by atoms with E-state index in [0.29, 0.717) is 6.54 Å². The molecule has 0 bridgehead atoms. The Kier molecular flexibility index (Phi) is 4.53. The summed E-state index contributed by atoms with van der Waals surface area (Å²) in [7, 11) is 3.63. The molecule has 0 heterocycles. The van der Waals surface area contributed by atoms with Gasteiger partial charge in [-0.05, 0) is 30.8 Å². The van der Waals surface area contributed by atoms with Crippen LogP contribution >= 0.6 is 0 Å². The molecule has 0 aliphatic carbocycles. The molecule has 0 saturated carbocycles. The van der Waals surface area contributed by atoms with Crippen molar-refractivity contribution in [1.29, 1.82) is 0 Å². The SMILES string of the molecule is COc1ccc(CN(C)Cc2ccccc2F)cc1. The molecule has 2 aromatic carbocycles. The van der Waals surface area contributed by atoms with Crippen LogP contribution in [-0.2, 0) is 13.1 Å². The molecule has 19 heavy (non-hydrogen) atoms. The predicted molar refractivity (Wildman–Crippen MR) is 74.6 cm³/mol. The van der Waals surface area contributed by atoms with Crippen molar-refractivity contribution in [1.82, 2.24) is 4.90 Å². The van der Waals surface area contributed by atoms with Gasteiger partial charge in [-0.1, -0.05) is 30.3 Å². The van der Waals surface area contributed by atoms with Crippen molar-refractivity contribution >= 4 is 0 Å². The average molecular weight is 259 g/mol. The van der Waals surface area contributed by atoms with E-state index in [0.717, 1.165) is 17.9 Å². The van der Waals surface area contributed by atoms with Crippen LogP contribution in [0.5, 0.6) is 5.75 Å². The van der Waals surface area contributed by atoms with Crippen molar-refractivity contribution in [3.63, 3.8) is 0 Å². The molecule has 0 saturated heterocycles. The minimum Gasteiger partial charge on any atom is -0.497 e. The number of nitrogens with zero attached hydrogens (tertiary/aromatic N) is 1. The van der Waals surface area contributed by atoms with Crippen LogP contribution in [0.3, 0.4) is 0 Å². The van der Waals surface area contributed by atoms with E-state index in [2.05, 4.69) is 4.90 Å². The third kappa shape index (κ3) is 3.80. The summed E-state index contributed by atoms with van der Waals surface area (Å²) in [6, 6.07) is 14.8. The second-order valence-corrected chi connectivity index (χ2v) is 4.61. The van der Waals surface area contributed by atoms with Gasteiger partial charge in [-0.25, -0.2) is 4.39 Å². The average Bonchev–Trinajstić information content (AvgIpc) is 2.42. The van der Waals surface area contributed by atoms with E-state index in [1.807, 2.05) is 43.4 Å². The van der Waals surface area contributed by atoms with Crippen LogP contribution in [0.25, 0.3) is 0 Å². The highest BCUT2D eigenvalue weighted by molar-refractivity contribution is 5.27. The van der Waals surface area contributed by atoms with Crippen LogP contribution in [0.4, 0.5) is 4.39 Å². The fourth-order valence-electron chi connectivity index (χ4n) is 2.02. The molecule has 0 aromatic heterocycles. The summed E-state index contributed by atoms with van der Waals surface area (Å²) in [4.78, 5) is 2.08. The smallest absolute Gasteiger partial charge is 0.127 e. The maximum absolute atomic E-state index is 13.5. The molecule has 0 amide bonds. The van der Waals surface area contributed by atoms with E-state index in [1.165, 1.54) is 11.6 Å². The van der Waals surface area contributed by atoms with E-state index in [4.69, 9.17) is 4.74 Å². The summed E-state index contributed by atoms with van der Waals surface area (Å²) in [5.41, 5.74) is 1.90. The lowest BCUT2D eigenvalue weighted by Gasteiger charge is -2.17. The summed E-state index contributed by atoms with van der Waals surface area (Å²) in [5.74, 6) is 0.699. The monoisotopic (exact) mass is 259 g/mol. The molecule has 0 spiro atoms. The van der Waals surface area contributed by atoms with Crippen molar-refractivity contribution in [2.24, 2.45) is 0 Å². The fourth-order valence-corrected chi connectivity index (χ4v) is 2.02. The zero-order valence-electron chi connectivity index (χ0n) is 11.3. The molecule has 2 aromatic rings. The minimum atomic E-state index is -0.149. The van der Waals surface area contributed by atoms with Crippen LogP contribution in [0.15, 0.2) is 48.5 Å². The maximum atomic E-state index is 13.5. The van der Waals surface area contributed by atoms with Crippen LogP contribution in [0, 0.1) is 5.82 Å². The molecule has 0 fully saturated rings. The lowest BCUT2D eigenvalue weighted by Crippen LogP contribution is -2.17. The summed E-state index contributed by atoms with van der Waals surface area (Å²) in [6.45, 7) is 1.37. The summed E-state index contributed by atoms with van der Waals surface area (Å²) >= 11 is 0. The number of rotatable bonds is 5. The zero-order valence-corrected chi connectivity index (χ0v) is 11.3. The summed E-state index contributed by atoms with van der Waals surface area (Å²) in [5, 5.41) is 0. The van der Waals surface area contributed by atoms with Crippen molar-refractivity contribution in [3.8, 4) is 5.75 Å². The molecule has 0 radical (unpaired) electrons. The number of hydrogen-bond donors (Lipinski definition) is 0. The van der Waals surface area contributed by atoms with E-state index >= 15 is 0 Å². The quantitative estimate of drug-likeness (QED) is 0.815. The molecule has 0 N–H and O–H groups in total. The third-order valence-corrected chi connectivity index (χ3v) is 3.01. The highest BCUT2D eigenvalue weighted by Crippen LogP contribution is 2.14. The Morgan fingerprint density at radius 3 is 2.32 bits per heavy atom. The number of benzene rings is 2. The van der Waals surface area contributed by atoms with E-state index in [1.54, 1.807) is 13.2 Å². The van der Waals surface area contributed by atoms with Crippen LogP contribution in [-0.4, -0.2) is 19.1 Å². The molecule has 0 aliphatic rings. The molecule has 2 rings (SSSR count). The van der Waals surface area contributed by atoms with Gasteiger partial charge in [0.25, 0.3) is 0 Å². The van der Waals surface area contributed by atoms with Gasteiger partial charge in [0.2, 0.25) is 0 Å². The van der Waals surface area contributed by atoms with Crippen LogP contribution < -0.4 is 4.74 Å². The lowest BCUT2D eigenvalue weighted by molar-refractivity contribution is 0.313. The number of methoxy groups -OCH3 is 1. The lowest BCUT2D eigenvalue weighted by atomic mass is 10.1. The van der Waals surface area contributed by atoms with Crippen molar-refractivity contribution in [3.05, 3.63) is 65.5 Å². The van der Waals surface area contributed by atoms with Gasteiger partial charge in [0.1, 0.15) is 11.6 Å². The highest BCUT2D eigenvalue weighted by Gasteiger charge is 2.05. The fraction of sp³-hybridized carbons (Fsp3) is 0.250. The van der Waals surface area contributed by atoms with Gasteiger partial charge in [-0.2, -0.15) is 0 Å². The largest absolute Gasteiger partial charge is 0.497 e. The first-order valence-corrected chi connectivity index (χ1v) is 6.24. The van der Waals surface area contributed by atoms with Crippen molar-refractivity contribution in [2.45, 2.75) is 13.1 Å². The molecule has 0 unspecified atom stereocenters. The molecule has 2 nitrogen and oxygen atoms in total. The molecule has 0 aliphatic heterocycles. The van der Waals surface area contributed by atoms with Gasteiger partial charge in [0.15, 0.2) is 0 Å². The topological polar surface area (TPSA) is 12.5 Å². The minimum absolute atomic E-state index is 0.149. The Bertz CT molecular complexity index is 525.